The summed E-state index contributed by atoms with van der Waals surface area (Å²) in [6.45, 7) is 2.38. The molecule has 22 heavy (non-hydrogen) atoms. The number of hydrogen-bond donors (Lipinski definition) is 2. The third-order valence-electron chi connectivity index (χ3n) is 3.14. The second kappa shape index (κ2) is 5.80. The minimum atomic E-state index is -4.52. The Labute approximate surface area is 124 Å². The highest BCUT2D eigenvalue weighted by Gasteiger charge is 2.34. The van der Waals surface area contributed by atoms with Crippen LogP contribution < -0.4 is 5.32 Å². The second-order valence-corrected chi connectivity index (χ2v) is 4.68. The highest BCUT2D eigenvalue weighted by atomic mass is 19.4. The molecule has 0 saturated carbocycles. The van der Waals surface area contributed by atoms with Crippen LogP contribution in [0.4, 0.5) is 18.9 Å². The Bertz CT molecular complexity index is 708. The Morgan fingerprint density at radius 3 is 2.55 bits per heavy atom. The van der Waals surface area contributed by atoms with Gasteiger partial charge in [-0.3, -0.25) is 4.79 Å². The molecule has 0 spiro atoms. The standard InChI is InChI=1S/C14H14F3N3O2/c1-8-13(18-12(22)7-21)9(2)20(19-8)11-6-4-3-5-10(11)14(15,16)17/h3-6,21H,7H2,1-2H3,(H,18,22). The Kier molecular flexibility index (Phi) is 4.23. The van der Waals surface area contributed by atoms with Crippen LogP contribution in [0.2, 0.25) is 0 Å². The lowest BCUT2D eigenvalue weighted by Crippen LogP contribution is -2.16. The SMILES string of the molecule is Cc1nn(-c2ccccc2C(F)(F)F)c(C)c1NC(=O)CO. The van der Waals surface area contributed by atoms with Crippen LogP contribution in [0.5, 0.6) is 0 Å². The lowest BCUT2D eigenvalue weighted by atomic mass is 10.1. The van der Waals surface area contributed by atoms with Gasteiger partial charge in [-0.25, -0.2) is 4.68 Å². The lowest BCUT2D eigenvalue weighted by Gasteiger charge is -2.13. The zero-order valence-corrected chi connectivity index (χ0v) is 11.9. The predicted octanol–water partition coefficient (Wildman–Crippen LogP) is 2.44. The highest BCUT2D eigenvalue weighted by molar-refractivity contribution is 5.92. The molecule has 0 saturated heterocycles. The smallest absolute Gasteiger partial charge is 0.387 e. The number of carbonyl (C=O) groups excluding carboxylic acids is 1. The van der Waals surface area contributed by atoms with E-state index in [0.29, 0.717) is 11.4 Å². The third kappa shape index (κ3) is 2.96. The molecule has 0 aliphatic rings. The average Bonchev–Trinajstić information content (AvgIpc) is 2.74. The lowest BCUT2D eigenvalue weighted by molar-refractivity contribution is -0.137. The molecule has 2 N–H and O–H groups in total. The number of nitrogens with one attached hydrogen (secondary N) is 1. The molecule has 2 rings (SSSR count). The number of aliphatic hydroxyl groups excluding tert-OH is 1. The van der Waals surface area contributed by atoms with Gasteiger partial charge in [-0.2, -0.15) is 18.3 Å². The molecule has 0 fully saturated rings. The van der Waals surface area contributed by atoms with Crippen LogP contribution >= 0.6 is 0 Å². The first-order valence-electron chi connectivity index (χ1n) is 6.39. The first-order valence-corrected chi connectivity index (χ1v) is 6.39. The van der Waals surface area contributed by atoms with Crippen molar-refractivity contribution in [1.82, 2.24) is 9.78 Å². The number of carbonyl (C=O) groups is 1. The highest BCUT2D eigenvalue weighted by Crippen LogP contribution is 2.35. The summed E-state index contributed by atoms with van der Waals surface area (Å²) in [5, 5.41) is 15.2. The van der Waals surface area contributed by atoms with Gasteiger partial charge in [0.1, 0.15) is 6.61 Å². The summed E-state index contributed by atoms with van der Waals surface area (Å²) in [7, 11) is 0. The van der Waals surface area contributed by atoms with Gasteiger partial charge in [-0.05, 0) is 26.0 Å². The third-order valence-corrected chi connectivity index (χ3v) is 3.14. The molecule has 118 valence electrons. The number of aryl methyl sites for hydroxylation is 1. The Morgan fingerprint density at radius 2 is 1.95 bits per heavy atom. The maximum Gasteiger partial charge on any atom is 0.418 e. The molecule has 5 nitrogen and oxygen atoms in total. The van der Waals surface area contributed by atoms with E-state index in [0.717, 1.165) is 10.7 Å². The molecule has 0 aliphatic heterocycles. The fourth-order valence-corrected chi connectivity index (χ4v) is 2.14. The number of hydrogen-bond acceptors (Lipinski definition) is 3. The number of rotatable bonds is 3. The van der Waals surface area contributed by atoms with Crippen molar-refractivity contribution in [2.24, 2.45) is 0 Å². The first-order chi connectivity index (χ1) is 10.3. The molecule has 0 unspecified atom stereocenters. The molecule has 1 amide bonds. The minimum absolute atomic E-state index is 0.125. The van der Waals surface area contributed by atoms with Gasteiger partial charge in [-0.1, -0.05) is 12.1 Å². The van der Waals surface area contributed by atoms with Gasteiger partial charge < -0.3 is 10.4 Å². The maximum atomic E-state index is 13.1. The molecule has 8 heteroatoms. The van der Waals surface area contributed by atoms with Gasteiger partial charge in [0, 0.05) is 0 Å². The van der Waals surface area contributed by atoms with Gasteiger partial charge in [0.15, 0.2) is 0 Å². The van der Waals surface area contributed by atoms with E-state index in [2.05, 4.69) is 10.4 Å². The van der Waals surface area contributed by atoms with Crippen LogP contribution in [-0.2, 0) is 11.0 Å². The number of aromatic nitrogens is 2. The van der Waals surface area contributed by atoms with Crippen molar-refractivity contribution in [2.45, 2.75) is 20.0 Å². The fraction of sp³-hybridized carbons (Fsp3) is 0.286. The van der Waals surface area contributed by atoms with Crippen molar-refractivity contribution in [1.29, 1.82) is 0 Å². The van der Waals surface area contributed by atoms with E-state index in [9.17, 15) is 18.0 Å². The molecule has 1 aromatic carbocycles. The van der Waals surface area contributed by atoms with E-state index in [1.807, 2.05) is 0 Å². The summed E-state index contributed by atoms with van der Waals surface area (Å²) in [6, 6.07) is 5.05. The van der Waals surface area contributed by atoms with Crippen LogP contribution in [0.25, 0.3) is 5.69 Å². The van der Waals surface area contributed by atoms with E-state index >= 15 is 0 Å². The fourth-order valence-electron chi connectivity index (χ4n) is 2.14. The van der Waals surface area contributed by atoms with E-state index < -0.39 is 24.3 Å². The minimum Gasteiger partial charge on any atom is -0.387 e. The number of halogens is 3. The van der Waals surface area contributed by atoms with Crippen LogP contribution in [-0.4, -0.2) is 27.4 Å². The van der Waals surface area contributed by atoms with E-state index in [4.69, 9.17) is 5.11 Å². The number of benzene rings is 1. The summed E-state index contributed by atoms with van der Waals surface area (Å²) in [5.41, 5.74) is 0.0454. The van der Waals surface area contributed by atoms with Crippen LogP contribution in [0.15, 0.2) is 24.3 Å². The number of alkyl halides is 3. The Morgan fingerprint density at radius 1 is 1.32 bits per heavy atom. The number of aliphatic hydroxyl groups is 1. The van der Waals surface area contributed by atoms with Crippen molar-refractivity contribution in [3.63, 3.8) is 0 Å². The summed E-state index contributed by atoms with van der Waals surface area (Å²) in [4.78, 5) is 11.3. The van der Waals surface area contributed by atoms with Gasteiger partial charge in [-0.15, -0.1) is 0 Å². The molecular weight excluding hydrogens is 299 g/mol. The summed E-state index contributed by atoms with van der Waals surface area (Å²) in [6.07, 6.45) is -4.52. The zero-order chi connectivity index (χ0) is 16.5. The van der Waals surface area contributed by atoms with Crippen molar-refractivity contribution in [2.75, 3.05) is 11.9 Å². The number of amides is 1. The molecule has 0 radical (unpaired) electrons. The first kappa shape index (κ1) is 16.0. The summed E-state index contributed by atoms with van der Waals surface area (Å²) in [5.74, 6) is -0.658. The zero-order valence-electron chi connectivity index (χ0n) is 11.9. The molecule has 0 atom stereocenters. The van der Waals surface area contributed by atoms with Gasteiger partial charge in [0.2, 0.25) is 5.91 Å². The Balaban J connectivity index is 2.56. The molecule has 1 aromatic heterocycles. The van der Waals surface area contributed by atoms with Crippen molar-refractivity contribution >= 4 is 11.6 Å². The topological polar surface area (TPSA) is 67.2 Å². The number of anilines is 1. The second-order valence-electron chi connectivity index (χ2n) is 4.68. The van der Waals surface area contributed by atoms with Crippen LogP contribution in [0, 0.1) is 13.8 Å². The quantitative estimate of drug-likeness (QED) is 0.914. The summed E-state index contributed by atoms with van der Waals surface area (Å²) < 4.78 is 40.4. The number of para-hydroxylation sites is 1. The molecule has 1 heterocycles. The monoisotopic (exact) mass is 313 g/mol. The van der Waals surface area contributed by atoms with E-state index in [1.54, 1.807) is 13.8 Å². The number of nitrogens with zero attached hydrogens (tertiary/aromatic N) is 2. The largest absolute Gasteiger partial charge is 0.418 e. The maximum absolute atomic E-state index is 13.1. The molecule has 0 bridgehead atoms. The summed E-state index contributed by atoms with van der Waals surface area (Å²) >= 11 is 0. The Hall–Kier alpha value is -2.35. The van der Waals surface area contributed by atoms with E-state index in [-0.39, 0.29) is 11.4 Å². The van der Waals surface area contributed by atoms with Gasteiger partial charge >= 0.3 is 6.18 Å². The van der Waals surface area contributed by atoms with Crippen molar-refractivity contribution in [3.05, 3.63) is 41.2 Å². The van der Waals surface area contributed by atoms with Crippen LogP contribution in [0.3, 0.4) is 0 Å². The van der Waals surface area contributed by atoms with Crippen LogP contribution in [0.1, 0.15) is 17.0 Å². The molecular formula is C14H14F3N3O2. The van der Waals surface area contributed by atoms with Gasteiger partial charge in [0.25, 0.3) is 0 Å². The normalized spacial score (nSPS) is 11.5. The predicted molar refractivity (Wildman–Crippen MR) is 73.8 cm³/mol. The van der Waals surface area contributed by atoms with Gasteiger partial charge in [0.05, 0.1) is 28.3 Å². The van der Waals surface area contributed by atoms with Crippen molar-refractivity contribution < 1.29 is 23.1 Å². The average molecular weight is 313 g/mol. The van der Waals surface area contributed by atoms with Crippen molar-refractivity contribution in [3.8, 4) is 5.69 Å². The molecule has 2 aromatic rings. The molecule has 0 aliphatic carbocycles. The van der Waals surface area contributed by atoms with E-state index in [1.165, 1.54) is 18.2 Å².